The number of rotatable bonds is 8. The average Bonchev–Trinajstić information content (AvgIpc) is 2.45. The van der Waals surface area contributed by atoms with Gasteiger partial charge in [0.15, 0.2) is 0 Å². The number of hydrogen-bond donors (Lipinski definition) is 2. The van der Waals surface area contributed by atoms with Crippen molar-refractivity contribution in [2.75, 3.05) is 13.7 Å². The number of nitrogens with one attached hydrogen (secondary N) is 1. The summed E-state index contributed by atoms with van der Waals surface area (Å²) in [6, 6.07) is 6.92. The largest absolute Gasteiger partial charge is 0.497 e. The molecular weight excluding hydrogens is 256 g/mol. The van der Waals surface area contributed by atoms with Crippen molar-refractivity contribution in [1.82, 2.24) is 5.32 Å². The zero-order valence-corrected chi connectivity index (χ0v) is 12.4. The Balaban J connectivity index is 2.39. The molecule has 1 amide bonds. The molecular formula is C15H24N2O3. The highest BCUT2D eigenvalue weighted by Gasteiger charge is 2.13. The third-order valence-corrected chi connectivity index (χ3v) is 2.88. The lowest BCUT2D eigenvalue weighted by Crippen LogP contribution is -2.43. The van der Waals surface area contributed by atoms with E-state index < -0.39 is 6.04 Å². The minimum Gasteiger partial charge on any atom is -0.497 e. The van der Waals surface area contributed by atoms with Crippen molar-refractivity contribution in [1.29, 1.82) is 0 Å². The maximum absolute atomic E-state index is 11.7. The average molecular weight is 280 g/mol. The van der Waals surface area contributed by atoms with E-state index in [0.717, 1.165) is 12.2 Å². The molecule has 5 heteroatoms. The number of carbonyl (C=O) groups excluding carboxylic acids is 1. The highest BCUT2D eigenvalue weighted by atomic mass is 16.5. The van der Waals surface area contributed by atoms with Gasteiger partial charge >= 0.3 is 0 Å². The van der Waals surface area contributed by atoms with Crippen LogP contribution in [0.3, 0.4) is 0 Å². The fourth-order valence-electron chi connectivity index (χ4n) is 1.77. The number of benzene rings is 1. The van der Waals surface area contributed by atoms with Crippen LogP contribution in [0, 0.1) is 0 Å². The first kappa shape index (κ1) is 16.3. The van der Waals surface area contributed by atoms with Gasteiger partial charge in [-0.05, 0) is 25.5 Å². The minimum absolute atomic E-state index is 0.132. The zero-order chi connectivity index (χ0) is 15.0. The molecule has 1 rings (SSSR count). The molecule has 0 spiro atoms. The summed E-state index contributed by atoms with van der Waals surface area (Å²) in [6.07, 6.45) is 1.45. The molecule has 0 saturated carbocycles. The summed E-state index contributed by atoms with van der Waals surface area (Å²) < 4.78 is 10.8. The lowest BCUT2D eigenvalue weighted by molar-refractivity contribution is -0.122. The van der Waals surface area contributed by atoms with Gasteiger partial charge in [-0.3, -0.25) is 4.79 Å². The van der Waals surface area contributed by atoms with Crippen LogP contribution in [0.2, 0.25) is 0 Å². The van der Waals surface area contributed by atoms with Gasteiger partial charge in [-0.2, -0.15) is 0 Å². The van der Waals surface area contributed by atoms with Gasteiger partial charge in [0.25, 0.3) is 0 Å². The van der Waals surface area contributed by atoms with E-state index in [0.29, 0.717) is 18.7 Å². The lowest BCUT2D eigenvalue weighted by atomic mass is 10.1. The second-order valence-electron chi connectivity index (χ2n) is 4.75. The Labute approximate surface area is 120 Å². The van der Waals surface area contributed by atoms with Crippen molar-refractivity contribution in [3.8, 4) is 11.5 Å². The van der Waals surface area contributed by atoms with Crippen LogP contribution in [0.5, 0.6) is 11.5 Å². The summed E-state index contributed by atoms with van der Waals surface area (Å²) in [6.45, 7) is 4.32. The second kappa shape index (κ2) is 8.43. The maximum atomic E-state index is 11.7. The van der Waals surface area contributed by atoms with Crippen LogP contribution in [-0.4, -0.2) is 31.7 Å². The summed E-state index contributed by atoms with van der Waals surface area (Å²) in [4.78, 5) is 11.7. The van der Waals surface area contributed by atoms with E-state index >= 15 is 0 Å². The molecule has 5 nitrogen and oxygen atoms in total. The first-order valence-corrected chi connectivity index (χ1v) is 6.90. The lowest BCUT2D eigenvalue weighted by Gasteiger charge is -2.17. The van der Waals surface area contributed by atoms with E-state index in [4.69, 9.17) is 15.2 Å². The Morgan fingerprint density at radius 2 is 2.10 bits per heavy atom. The molecule has 0 heterocycles. The number of hydrogen-bond acceptors (Lipinski definition) is 4. The van der Waals surface area contributed by atoms with Crippen LogP contribution < -0.4 is 20.5 Å². The van der Waals surface area contributed by atoms with Crippen molar-refractivity contribution >= 4 is 5.91 Å². The van der Waals surface area contributed by atoms with E-state index in [9.17, 15) is 4.79 Å². The van der Waals surface area contributed by atoms with Gasteiger partial charge in [0.1, 0.15) is 17.6 Å². The topological polar surface area (TPSA) is 73.6 Å². The Morgan fingerprint density at radius 1 is 1.40 bits per heavy atom. The van der Waals surface area contributed by atoms with Gasteiger partial charge in [-0.1, -0.05) is 19.4 Å². The normalized spacial score (nSPS) is 13.4. The summed E-state index contributed by atoms with van der Waals surface area (Å²) >= 11 is 0. The molecule has 112 valence electrons. The Morgan fingerprint density at radius 3 is 2.75 bits per heavy atom. The molecule has 0 saturated heterocycles. The Hall–Kier alpha value is -1.75. The molecule has 2 atom stereocenters. The predicted molar refractivity (Wildman–Crippen MR) is 79.0 cm³/mol. The first-order valence-electron chi connectivity index (χ1n) is 6.90. The molecule has 0 aliphatic rings. The van der Waals surface area contributed by atoms with E-state index in [1.807, 2.05) is 32.0 Å². The number of nitrogens with two attached hydrogens (primary N) is 1. The van der Waals surface area contributed by atoms with Crippen LogP contribution in [0.15, 0.2) is 24.3 Å². The molecule has 0 fully saturated rings. The maximum Gasteiger partial charge on any atom is 0.237 e. The third-order valence-electron chi connectivity index (χ3n) is 2.88. The number of ether oxygens (including phenoxy) is 2. The zero-order valence-electron chi connectivity index (χ0n) is 12.4. The molecule has 0 aliphatic heterocycles. The van der Waals surface area contributed by atoms with Crippen molar-refractivity contribution in [2.24, 2.45) is 5.73 Å². The highest BCUT2D eigenvalue weighted by Crippen LogP contribution is 2.19. The van der Waals surface area contributed by atoms with E-state index in [2.05, 4.69) is 5.32 Å². The van der Waals surface area contributed by atoms with Crippen LogP contribution in [-0.2, 0) is 4.79 Å². The van der Waals surface area contributed by atoms with E-state index in [1.165, 1.54) is 0 Å². The first-order chi connectivity index (χ1) is 9.56. The fraction of sp³-hybridized carbons (Fsp3) is 0.533. The number of amides is 1. The van der Waals surface area contributed by atoms with Crippen LogP contribution in [0.25, 0.3) is 0 Å². The fourth-order valence-corrected chi connectivity index (χ4v) is 1.77. The SMILES string of the molecule is CCCC(N)C(=O)NCC(C)Oc1cccc(OC)c1. The monoisotopic (exact) mass is 280 g/mol. The van der Waals surface area contributed by atoms with Crippen LogP contribution >= 0.6 is 0 Å². The van der Waals surface area contributed by atoms with Crippen molar-refractivity contribution < 1.29 is 14.3 Å². The summed E-state index contributed by atoms with van der Waals surface area (Å²) in [5.74, 6) is 1.32. The van der Waals surface area contributed by atoms with E-state index in [1.54, 1.807) is 13.2 Å². The quantitative estimate of drug-likeness (QED) is 0.760. The smallest absolute Gasteiger partial charge is 0.237 e. The van der Waals surface area contributed by atoms with Crippen molar-refractivity contribution in [2.45, 2.75) is 38.8 Å². The molecule has 1 aromatic carbocycles. The molecule has 0 aromatic heterocycles. The van der Waals surface area contributed by atoms with Gasteiger partial charge in [0, 0.05) is 6.07 Å². The van der Waals surface area contributed by atoms with Gasteiger partial charge in [0.2, 0.25) is 5.91 Å². The predicted octanol–water partition coefficient (Wildman–Crippen LogP) is 1.71. The molecule has 20 heavy (non-hydrogen) atoms. The third kappa shape index (κ3) is 5.48. The van der Waals surface area contributed by atoms with Gasteiger partial charge in [-0.15, -0.1) is 0 Å². The number of methoxy groups -OCH3 is 1. The van der Waals surface area contributed by atoms with Gasteiger partial charge in [0.05, 0.1) is 19.7 Å². The molecule has 1 aromatic rings. The summed E-state index contributed by atoms with van der Waals surface area (Å²) in [5.41, 5.74) is 5.74. The summed E-state index contributed by atoms with van der Waals surface area (Å²) in [7, 11) is 1.61. The molecule has 0 bridgehead atoms. The number of carbonyl (C=O) groups is 1. The summed E-state index contributed by atoms with van der Waals surface area (Å²) in [5, 5.41) is 2.80. The Kier molecular flexibility index (Phi) is 6.87. The molecule has 0 aliphatic carbocycles. The van der Waals surface area contributed by atoms with Gasteiger partial charge < -0.3 is 20.5 Å². The van der Waals surface area contributed by atoms with E-state index in [-0.39, 0.29) is 12.0 Å². The highest BCUT2D eigenvalue weighted by molar-refractivity contribution is 5.81. The van der Waals surface area contributed by atoms with Crippen LogP contribution in [0.1, 0.15) is 26.7 Å². The Bertz CT molecular complexity index is 423. The second-order valence-corrected chi connectivity index (χ2v) is 4.75. The van der Waals surface area contributed by atoms with Crippen molar-refractivity contribution in [3.05, 3.63) is 24.3 Å². The van der Waals surface area contributed by atoms with Gasteiger partial charge in [-0.25, -0.2) is 0 Å². The van der Waals surface area contributed by atoms with Crippen molar-refractivity contribution in [3.63, 3.8) is 0 Å². The molecule has 3 N–H and O–H groups in total. The minimum atomic E-state index is -0.441. The molecule has 2 unspecified atom stereocenters. The van der Waals surface area contributed by atoms with Crippen LogP contribution in [0.4, 0.5) is 0 Å². The standard InChI is InChI=1S/C15H24N2O3/c1-4-6-14(16)15(18)17-10-11(2)20-13-8-5-7-12(9-13)19-3/h5,7-9,11,14H,4,6,10,16H2,1-3H3,(H,17,18). The molecule has 0 radical (unpaired) electrons.